The standard InChI is InChI=1S/C29H32N2O3S/c1-29(2,3)34-28(32)31-24(17-20-5-10-25(33-4)11-6-20)9-12-26-13-14-27(35-26)22-7-8-23-19-30-16-15-21(23)18-22/h5-8,10-11,13-16,18-19,24H,9,12,17H2,1-4H3,(H,31,32)/t24-/m1/s1. The summed E-state index contributed by atoms with van der Waals surface area (Å²) in [5.41, 5.74) is 1.82. The van der Waals surface area contributed by atoms with E-state index in [0.29, 0.717) is 0 Å². The van der Waals surface area contributed by atoms with Crippen molar-refractivity contribution in [3.05, 3.63) is 83.5 Å². The molecule has 0 aliphatic carbocycles. The van der Waals surface area contributed by atoms with E-state index in [1.54, 1.807) is 18.4 Å². The van der Waals surface area contributed by atoms with Gasteiger partial charge in [0.15, 0.2) is 0 Å². The number of ether oxygens (including phenoxy) is 2. The highest BCUT2D eigenvalue weighted by atomic mass is 32.1. The second kappa shape index (κ2) is 10.9. The average Bonchev–Trinajstić information content (AvgIpc) is 3.30. The fraction of sp³-hybridized carbons (Fsp3) is 0.310. The molecule has 0 aliphatic heterocycles. The molecule has 0 fully saturated rings. The summed E-state index contributed by atoms with van der Waals surface area (Å²) in [6.07, 6.45) is 5.74. The monoisotopic (exact) mass is 488 g/mol. The third-order valence-corrected chi connectivity index (χ3v) is 6.88. The third-order valence-electron chi connectivity index (χ3n) is 5.69. The Kier molecular flexibility index (Phi) is 7.71. The van der Waals surface area contributed by atoms with E-state index in [0.717, 1.165) is 36.0 Å². The summed E-state index contributed by atoms with van der Waals surface area (Å²) in [4.78, 5) is 19.2. The Bertz CT molecular complexity index is 1280. The summed E-state index contributed by atoms with van der Waals surface area (Å²) < 4.78 is 10.8. The van der Waals surface area contributed by atoms with Gasteiger partial charge in [0.2, 0.25) is 0 Å². The first-order valence-corrected chi connectivity index (χ1v) is 12.7. The molecular formula is C29H32N2O3S. The Hall–Kier alpha value is -3.38. The number of thiophene rings is 1. The number of benzene rings is 2. The Morgan fingerprint density at radius 2 is 1.83 bits per heavy atom. The molecule has 0 radical (unpaired) electrons. The van der Waals surface area contributed by atoms with Crippen LogP contribution in [0.2, 0.25) is 0 Å². The van der Waals surface area contributed by atoms with Crippen LogP contribution in [-0.2, 0) is 17.6 Å². The number of pyridine rings is 1. The molecule has 35 heavy (non-hydrogen) atoms. The third kappa shape index (κ3) is 7.06. The van der Waals surface area contributed by atoms with Crippen molar-refractivity contribution < 1.29 is 14.3 Å². The minimum Gasteiger partial charge on any atom is -0.497 e. The molecule has 2 aromatic heterocycles. The number of amides is 1. The SMILES string of the molecule is COc1ccc(C[C@@H](CCc2ccc(-c3ccc4cnccc4c3)s2)NC(=O)OC(C)(C)C)cc1. The highest BCUT2D eigenvalue weighted by Gasteiger charge is 2.20. The van der Waals surface area contributed by atoms with Crippen molar-refractivity contribution in [2.24, 2.45) is 0 Å². The van der Waals surface area contributed by atoms with Gasteiger partial charge in [-0.15, -0.1) is 11.3 Å². The minimum atomic E-state index is -0.534. The largest absolute Gasteiger partial charge is 0.497 e. The van der Waals surface area contributed by atoms with Crippen molar-refractivity contribution in [1.82, 2.24) is 10.3 Å². The van der Waals surface area contributed by atoms with Gasteiger partial charge in [-0.1, -0.05) is 24.3 Å². The number of nitrogens with one attached hydrogen (secondary N) is 1. The fourth-order valence-corrected chi connectivity index (χ4v) is 4.99. The molecule has 0 spiro atoms. The Morgan fingerprint density at radius 1 is 1.03 bits per heavy atom. The maximum atomic E-state index is 12.5. The second-order valence-electron chi connectivity index (χ2n) is 9.64. The molecule has 5 nitrogen and oxygen atoms in total. The van der Waals surface area contributed by atoms with Gasteiger partial charge in [0.25, 0.3) is 0 Å². The molecule has 0 saturated heterocycles. The zero-order chi connectivity index (χ0) is 24.8. The molecule has 1 atom stereocenters. The summed E-state index contributed by atoms with van der Waals surface area (Å²) in [5.74, 6) is 0.821. The smallest absolute Gasteiger partial charge is 0.407 e. The number of alkyl carbamates (subject to hydrolysis) is 1. The van der Waals surface area contributed by atoms with Crippen LogP contribution in [-0.4, -0.2) is 29.8 Å². The molecule has 2 heterocycles. The van der Waals surface area contributed by atoms with Crippen molar-refractivity contribution >= 4 is 28.2 Å². The predicted molar refractivity (Wildman–Crippen MR) is 143 cm³/mol. The van der Waals surface area contributed by atoms with Crippen molar-refractivity contribution in [2.45, 2.75) is 51.7 Å². The van der Waals surface area contributed by atoms with E-state index in [2.05, 4.69) is 40.6 Å². The van der Waals surface area contributed by atoms with Crippen molar-refractivity contribution in [1.29, 1.82) is 0 Å². The lowest BCUT2D eigenvalue weighted by molar-refractivity contribution is 0.0502. The van der Waals surface area contributed by atoms with Gasteiger partial charge in [0.1, 0.15) is 11.4 Å². The topological polar surface area (TPSA) is 60.5 Å². The van der Waals surface area contributed by atoms with E-state index in [-0.39, 0.29) is 12.1 Å². The van der Waals surface area contributed by atoms with Crippen LogP contribution in [0.3, 0.4) is 0 Å². The van der Waals surface area contributed by atoms with Gasteiger partial charge >= 0.3 is 6.09 Å². The number of carbonyl (C=O) groups excluding carboxylic acids is 1. The number of rotatable bonds is 8. The molecule has 182 valence electrons. The maximum Gasteiger partial charge on any atom is 0.407 e. The number of hydrogen-bond donors (Lipinski definition) is 1. The van der Waals surface area contributed by atoms with E-state index in [1.807, 2.05) is 63.5 Å². The lowest BCUT2D eigenvalue weighted by Crippen LogP contribution is -2.40. The maximum absolute atomic E-state index is 12.5. The Balaban J connectivity index is 1.45. The zero-order valence-electron chi connectivity index (χ0n) is 20.7. The number of aryl methyl sites for hydroxylation is 1. The summed E-state index contributed by atoms with van der Waals surface area (Å²) in [6, 6.07) is 20.8. The number of hydrogen-bond acceptors (Lipinski definition) is 5. The van der Waals surface area contributed by atoms with Crippen LogP contribution in [0.25, 0.3) is 21.2 Å². The van der Waals surface area contributed by atoms with Gasteiger partial charge in [0, 0.05) is 33.6 Å². The normalized spacial score (nSPS) is 12.3. The van der Waals surface area contributed by atoms with Gasteiger partial charge in [-0.05, 0) is 92.9 Å². The first-order chi connectivity index (χ1) is 16.8. The van der Waals surface area contributed by atoms with Crippen LogP contribution in [0.4, 0.5) is 4.79 Å². The summed E-state index contributed by atoms with van der Waals surface area (Å²) >= 11 is 1.80. The molecule has 2 aromatic carbocycles. The summed E-state index contributed by atoms with van der Waals surface area (Å²) in [5, 5.41) is 5.42. The van der Waals surface area contributed by atoms with E-state index in [1.165, 1.54) is 20.7 Å². The minimum absolute atomic E-state index is 0.0445. The number of aromatic nitrogens is 1. The highest BCUT2D eigenvalue weighted by Crippen LogP contribution is 2.31. The molecule has 0 aliphatic rings. The molecular weight excluding hydrogens is 456 g/mol. The lowest BCUT2D eigenvalue weighted by atomic mass is 10.0. The van der Waals surface area contributed by atoms with Gasteiger partial charge in [-0.25, -0.2) is 4.79 Å². The number of carbonyl (C=O) groups is 1. The molecule has 4 rings (SSSR count). The molecule has 0 bridgehead atoms. The van der Waals surface area contributed by atoms with E-state index in [4.69, 9.17) is 9.47 Å². The molecule has 1 N–H and O–H groups in total. The van der Waals surface area contributed by atoms with Gasteiger partial charge in [-0.2, -0.15) is 0 Å². The first-order valence-electron chi connectivity index (χ1n) is 11.8. The summed E-state index contributed by atoms with van der Waals surface area (Å²) in [6.45, 7) is 5.63. The highest BCUT2D eigenvalue weighted by molar-refractivity contribution is 7.15. The van der Waals surface area contributed by atoms with Crippen molar-refractivity contribution in [2.75, 3.05) is 7.11 Å². The first kappa shape index (κ1) is 24.7. The molecule has 0 unspecified atom stereocenters. The van der Waals surface area contributed by atoms with E-state index in [9.17, 15) is 4.79 Å². The Labute approximate surface area is 211 Å². The van der Waals surface area contributed by atoms with Crippen LogP contribution >= 0.6 is 11.3 Å². The Morgan fingerprint density at radius 3 is 2.57 bits per heavy atom. The molecule has 4 aromatic rings. The zero-order valence-corrected chi connectivity index (χ0v) is 21.5. The van der Waals surface area contributed by atoms with Crippen LogP contribution in [0.5, 0.6) is 5.75 Å². The summed E-state index contributed by atoms with van der Waals surface area (Å²) in [7, 11) is 1.66. The van der Waals surface area contributed by atoms with E-state index >= 15 is 0 Å². The van der Waals surface area contributed by atoms with Crippen LogP contribution in [0, 0.1) is 0 Å². The molecule has 1 amide bonds. The van der Waals surface area contributed by atoms with Crippen molar-refractivity contribution in [3.8, 4) is 16.2 Å². The quantitative estimate of drug-likeness (QED) is 0.289. The van der Waals surface area contributed by atoms with Crippen LogP contribution in [0.1, 0.15) is 37.6 Å². The predicted octanol–water partition coefficient (Wildman–Crippen LogP) is 7.04. The van der Waals surface area contributed by atoms with Gasteiger partial charge in [0.05, 0.1) is 7.11 Å². The number of fused-ring (bicyclic) bond motifs is 1. The number of nitrogens with zero attached hydrogens (tertiary/aromatic N) is 1. The number of methoxy groups -OCH3 is 1. The van der Waals surface area contributed by atoms with Crippen LogP contribution < -0.4 is 10.1 Å². The average molecular weight is 489 g/mol. The van der Waals surface area contributed by atoms with Crippen molar-refractivity contribution in [3.63, 3.8) is 0 Å². The lowest BCUT2D eigenvalue weighted by Gasteiger charge is -2.24. The fourth-order valence-electron chi connectivity index (χ4n) is 3.97. The second-order valence-corrected chi connectivity index (χ2v) is 10.8. The van der Waals surface area contributed by atoms with Gasteiger partial charge in [-0.3, -0.25) is 4.98 Å². The van der Waals surface area contributed by atoms with Gasteiger partial charge < -0.3 is 14.8 Å². The molecule has 0 saturated carbocycles. The molecule has 6 heteroatoms. The van der Waals surface area contributed by atoms with Crippen LogP contribution in [0.15, 0.2) is 73.1 Å². The van der Waals surface area contributed by atoms with E-state index < -0.39 is 5.60 Å².